The molecule has 8 heteroatoms. The van der Waals surface area contributed by atoms with E-state index in [-0.39, 0.29) is 17.9 Å². The van der Waals surface area contributed by atoms with Crippen LogP contribution in [0.3, 0.4) is 0 Å². The first-order valence-corrected chi connectivity index (χ1v) is 10.8. The Labute approximate surface area is 122 Å². The van der Waals surface area contributed by atoms with Crippen LogP contribution in [0.1, 0.15) is 26.2 Å². The van der Waals surface area contributed by atoms with Gasteiger partial charge in [0.15, 0.2) is 0 Å². The van der Waals surface area contributed by atoms with E-state index in [9.17, 15) is 16.8 Å². The van der Waals surface area contributed by atoms with E-state index in [4.69, 9.17) is 0 Å². The van der Waals surface area contributed by atoms with Gasteiger partial charge < -0.3 is 4.90 Å². The van der Waals surface area contributed by atoms with Crippen LogP contribution in [0.2, 0.25) is 0 Å². The second kappa shape index (κ2) is 7.72. The SMILES string of the molecule is CC1CCCN(CCNS(=O)(=O)CCCS(C)(=O)=O)C1. The van der Waals surface area contributed by atoms with Crippen molar-refractivity contribution in [3.05, 3.63) is 0 Å². The van der Waals surface area contributed by atoms with Gasteiger partial charge in [0.25, 0.3) is 0 Å². The van der Waals surface area contributed by atoms with Crippen LogP contribution in [0, 0.1) is 5.92 Å². The molecule has 120 valence electrons. The number of likely N-dealkylation sites (tertiary alicyclic amines) is 1. The van der Waals surface area contributed by atoms with E-state index in [1.54, 1.807) is 0 Å². The maximum Gasteiger partial charge on any atom is 0.211 e. The molecule has 0 bridgehead atoms. The third-order valence-electron chi connectivity index (χ3n) is 3.42. The van der Waals surface area contributed by atoms with Gasteiger partial charge in [0.05, 0.1) is 11.5 Å². The van der Waals surface area contributed by atoms with Crippen LogP contribution >= 0.6 is 0 Å². The lowest BCUT2D eigenvalue weighted by molar-refractivity contribution is 0.187. The Morgan fingerprint density at radius 3 is 2.50 bits per heavy atom. The minimum absolute atomic E-state index is 0.0858. The first-order chi connectivity index (χ1) is 9.18. The molecule has 0 aromatic heterocycles. The van der Waals surface area contributed by atoms with Crippen molar-refractivity contribution >= 4 is 19.9 Å². The summed E-state index contributed by atoms with van der Waals surface area (Å²) in [6.07, 6.45) is 3.68. The summed E-state index contributed by atoms with van der Waals surface area (Å²) < 4.78 is 47.8. The molecule has 6 nitrogen and oxygen atoms in total. The van der Waals surface area contributed by atoms with Crippen molar-refractivity contribution in [1.29, 1.82) is 0 Å². The van der Waals surface area contributed by atoms with Crippen molar-refractivity contribution in [2.75, 3.05) is 43.9 Å². The fourth-order valence-corrected chi connectivity index (χ4v) is 4.35. The van der Waals surface area contributed by atoms with Crippen molar-refractivity contribution in [2.45, 2.75) is 26.2 Å². The average molecular weight is 326 g/mol. The fourth-order valence-electron chi connectivity index (χ4n) is 2.43. The van der Waals surface area contributed by atoms with Crippen LogP contribution in [0.5, 0.6) is 0 Å². The summed E-state index contributed by atoms with van der Waals surface area (Å²) in [5.74, 6) is 0.462. The highest BCUT2D eigenvalue weighted by atomic mass is 32.2. The fraction of sp³-hybridized carbons (Fsp3) is 1.00. The molecule has 1 atom stereocenters. The predicted molar refractivity (Wildman–Crippen MR) is 81.0 cm³/mol. The lowest BCUT2D eigenvalue weighted by Crippen LogP contribution is -2.40. The van der Waals surface area contributed by atoms with Gasteiger partial charge in [-0.25, -0.2) is 21.6 Å². The van der Waals surface area contributed by atoms with Crippen molar-refractivity contribution < 1.29 is 16.8 Å². The van der Waals surface area contributed by atoms with E-state index in [0.29, 0.717) is 12.5 Å². The number of nitrogens with zero attached hydrogens (tertiary/aromatic N) is 1. The van der Waals surface area contributed by atoms with Crippen molar-refractivity contribution in [2.24, 2.45) is 5.92 Å². The largest absolute Gasteiger partial charge is 0.302 e. The molecular formula is C12H26N2O4S2. The Morgan fingerprint density at radius 1 is 1.20 bits per heavy atom. The highest BCUT2D eigenvalue weighted by molar-refractivity contribution is 7.91. The van der Waals surface area contributed by atoms with E-state index < -0.39 is 19.9 Å². The number of piperidine rings is 1. The maximum atomic E-state index is 11.7. The Balaban J connectivity index is 2.22. The zero-order valence-corrected chi connectivity index (χ0v) is 14.0. The molecule has 0 radical (unpaired) electrons. The molecule has 1 heterocycles. The van der Waals surface area contributed by atoms with E-state index in [2.05, 4.69) is 16.5 Å². The van der Waals surface area contributed by atoms with Crippen LogP contribution in [0.4, 0.5) is 0 Å². The predicted octanol–water partition coefficient (Wildman–Crippen LogP) is 0.0724. The number of hydrogen-bond donors (Lipinski definition) is 1. The van der Waals surface area contributed by atoms with Gasteiger partial charge in [0, 0.05) is 25.9 Å². The minimum Gasteiger partial charge on any atom is -0.302 e. The molecule has 1 rings (SSSR count). The molecule has 20 heavy (non-hydrogen) atoms. The Kier molecular flexibility index (Phi) is 6.90. The molecule has 0 aromatic rings. The zero-order chi connectivity index (χ0) is 15.2. The van der Waals surface area contributed by atoms with Crippen molar-refractivity contribution in [3.8, 4) is 0 Å². The molecule has 0 saturated carbocycles. The molecule has 0 aromatic carbocycles. The van der Waals surface area contributed by atoms with E-state index in [1.165, 1.54) is 12.8 Å². The van der Waals surface area contributed by atoms with Crippen molar-refractivity contribution in [1.82, 2.24) is 9.62 Å². The Morgan fingerprint density at radius 2 is 1.90 bits per heavy atom. The molecule has 1 aliphatic heterocycles. The second-order valence-corrected chi connectivity index (χ2v) is 9.93. The van der Waals surface area contributed by atoms with Gasteiger partial charge in [-0.1, -0.05) is 6.92 Å². The molecule has 1 saturated heterocycles. The molecule has 1 fully saturated rings. The van der Waals surface area contributed by atoms with Gasteiger partial charge in [0.2, 0.25) is 10.0 Å². The molecule has 1 aliphatic rings. The third kappa shape index (κ3) is 8.18. The normalized spacial score (nSPS) is 22.0. The topological polar surface area (TPSA) is 83.6 Å². The second-order valence-electron chi connectivity index (χ2n) is 5.74. The summed E-state index contributed by atoms with van der Waals surface area (Å²) in [7, 11) is -6.45. The molecule has 1 unspecified atom stereocenters. The quantitative estimate of drug-likeness (QED) is 0.682. The Bertz CT molecular complexity index is 488. The highest BCUT2D eigenvalue weighted by Gasteiger charge is 2.17. The number of sulfonamides is 1. The van der Waals surface area contributed by atoms with Gasteiger partial charge in [-0.2, -0.15) is 0 Å². The minimum atomic E-state index is -3.36. The molecular weight excluding hydrogens is 300 g/mol. The van der Waals surface area contributed by atoms with Crippen LogP contribution in [0.15, 0.2) is 0 Å². The van der Waals surface area contributed by atoms with E-state index >= 15 is 0 Å². The number of rotatable bonds is 8. The summed E-state index contributed by atoms with van der Waals surface area (Å²) in [5, 5.41) is 0. The smallest absolute Gasteiger partial charge is 0.211 e. The lowest BCUT2D eigenvalue weighted by atomic mass is 10.0. The Hall–Kier alpha value is -0.180. The molecule has 0 spiro atoms. The standard InChI is InChI=1S/C12H26N2O4S2/c1-12-5-3-7-14(11-12)8-6-13-20(17,18)10-4-9-19(2,15)16/h12-13H,3-11H2,1-2H3. The monoisotopic (exact) mass is 326 g/mol. The maximum absolute atomic E-state index is 11.7. The van der Waals surface area contributed by atoms with Crippen LogP contribution < -0.4 is 4.72 Å². The van der Waals surface area contributed by atoms with Gasteiger partial charge in [-0.05, 0) is 31.7 Å². The van der Waals surface area contributed by atoms with Gasteiger partial charge >= 0.3 is 0 Å². The summed E-state index contributed by atoms with van der Waals surface area (Å²) in [5.41, 5.74) is 0. The van der Waals surface area contributed by atoms with Crippen LogP contribution in [-0.4, -0.2) is 65.7 Å². The molecule has 0 amide bonds. The zero-order valence-electron chi connectivity index (χ0n) is 12.3. The first-order valence-electron chi connectivity index (χ1n) is 7.05. The van der Waals surface area contributed by atoms with Crippen LogP contribution in [0.25, 0.3) is 0 Å². The van der Waals surface area contributed by atoms with Crippen LogP contribution in [-0.2, 0) is 19.9 Å². The van der Waals surface area contributed by atoms with Gasteiger partial charge in [-0.15, -0.1) is 0 Å². The number of nitrogens with one attached hydrogen (secondary N) is 1. The van der Waals surface area contributed by atoms with E-state index in [0.717, 1.165) is 25.9 Å². The third-order valence-corrected chi connectivity index (χ3v) is 5.92. The first kappa shape index (κ1) is 17.9. The summed E-state index contributed by atoms with van der Waals surface area (Å²) >= 11 is 0. The molecule has 1 N–H and O–H groups in total. The summed E-state index contributed by atoms with van der Waals surface area (Å²) in [6, 6.07) is 0. The average Bonchev–Trinajstić information content (AvgIpc) is 2.26. The number of hydrogen-bond acceptors (Lipinski definition) is 5. The summed E-state index contributed by atoms with van der Waals surface area (Å²) in [4.78, 5) is 2.27. The number of sulfone groups is 1. The molecule has 0 aliphatic carbocycles. The van der Waals surface area contributed by atoms with Gasteiger partial charge in [0.1, 0.15) is 9.84 Å². The van der Waals surface area contributed by atoms with E-state index in [1.807, 2.05) is 0 Å². The van der Waals surface area contributed by atoms with Gasteiger partial charge in [-0.3, -0.25) is 0 Å². The highest BCUT2D eigenvalue weighted by Crippen LogP contribution is 2.14. The van der Waals surface area contributed by atoms with Crippen molar-refractivity contribution in [3.63, 3.8) is 0 Å². The summed E-state index contributed by atoms with van der Waals surface area (Å²) in [6.45, 7) is 5.38. The lowest BCUT2D eigenvalue weighted by Gasteiger charge is -2.30.